The molecule has 0 saturated carbocycles. The van der Waals surface area contributed by atoms with Crippen LogP contribution in [0.4, 0.5) is 0 Å². The van der Waals surface area contributed by atoms with Crippen molar-refractivity contribution in [2.75, 3.05) is 13.7 Å². The first-order valence-electron chi connectivity index (χ1n) is 5.36. The van der Waals surface area contributed by atoms with Gasteiger partial charge in [0, 0.05) is 18.8 Å². The number of aromatic nitrogens is 1. The second kappa shape index (κ2) is 5.83. The van der Waals surface area contributed by atoms with E-state index in [1.807, 2.05) is 25.2 Å². The molecule has 0 amide bonds. The number of nitrogens with zero attached hydrogens (tertiary/aromatic N) is 2. The number of hydrogen-bond donors (Lipinski definition) is 1. The van der Waals surface area contributed by atoms with E-state index in [1.165, 1.54) is 0 Å². The minimum atomic E-state index is 0.195. The zero-order valence-corrected chi connectivity index (χ0v) is 9.72. The minimum Gasteiger partial charge on any atom is -0.395 e. The lowest BCUT2D eigenvalue weighted by molar-refractivity contribution is 0.107. The van der Waals surface area contributed by atoms with Crippen LogP contribution in [0, 0.1) is 5.92 Å². The highest BCUT2D eigenvalue weighted by Gasteiger charge is 2.17. The van der Waals surface area contributed by atoms with Crippen molar-refractivity contribution in [2.24, 2.45) is 5.92 Å². The van der Waals surface area contributed by atoms with E-state index in [-0.39, 0.29) is 12.6 Å². The highest BCUT2D eigenvalue weighted by Crippen LogP contribution is 2.11. The predicted molar refractivity (Wildman–Crippen MR) is 61.4 cm³/mol. The molecule has 0 aliphatic rings. The fraction of sp³-hybridized carbons (Fsp3) is 0.583. The lowest BCUT2D eigenvalue weighted by Crippen LogP contribution is -2.38. The van der Waals surface area contributed by atoms with Crippen molar-refractivity contribution < 1.29 is 5.11 Å². The Hall–Kier alpha value is -0.930. The Kier molecular flexibility index (Phi) is 4.72. The molecular formula is C12H20N2O. The summed E-state index contributed by atoms with van der Waals surface area (Å²) in [5.41, 5.74) is 1.04. The van der Waals surface area contributed by atoms with E-state index in [9.17, 15) is 5.11 Å². The molecule has 1 aromatic heterocycles. The summed E-state index contributed by atoms with van der Waals surface area (Å²) in [5, 5.41) is 9.28. The first kappa shape index (κ1) is 12.1. The highest BCUT2D eigenvalue weighted by molar-refractivity contribution is 5.03. The molecule has 1 N–H and O–H groups in total. The molecule has 3 nitrogen and oxygen atoms in total. The summed E-state index contributed by atoms with van der Waals surface area (Å²) < 4.78 is 0. The summed E-state index contributed by atoms with van der Waals surface area (Å²) in [7, 11) is 2.02. The van der Waals surface area contributed by atoms with Gasteiger partial charge in [0.15, 0.2) is 0 Å². The molecule has 0 bridgehead atoms. The zero-order valence-electron chi connectivity index (χ0n) is 9.72. The lowest BCUT2D eigenvalue weighted by Gasteiger charge is -2.29. The molecule has 15 heavy (non-hydrogen) atoms. The molecule has 84 valence electrons. The van der Waals surface area contributed by atoms with E-state index >= 15 is 0 Å². The van der Waals surface area contributed by atoms with Crippen molar-refractivity contribution in [3.8, 4) is 0 Å². The summed E-state index contributed by atoms with van der Waals surface area (Å²) in [5.74, 6) is 0.448. The van der Waals surface area contributed by atoms with Crippen LogP contribution >= 0.6 is 0 Å². The average Bonchev–Trinajstić information content (AvgIpc) is 2.19. The first-order chi connectivity index (χ1) is 7.15. The van der Waals surface area contributed by atoms with Crippen molar-refractivity contribution in [3.63, 3.8) is 0 Å². The minimum absolute atomic E-state index is 0.195. The third kappa shape index (κ3) is 3.61. The topological polar surface area (TPSA) is 36.4 Å². The van der Waals surface area contributed by atoms with E-state index in [4.69, 9.17) is 0 Å². The fourth-order valence-electron chi connectivity index (χ4n) is 1.72. The van der Waals surface area contributed by atoms with Crippen LogP contribution in [0.25, 0.3) is 0 Å². The Bertz CT molecular complexity index is 274. The quantitative estimate of drug-likeness (QED) is 0.797. The first-order valence-corrected chi connectivity index (χ1v) is 5.36. The second-order valence-corrected chi connectivity index (χ2v) is 4.23. The molecule has 0 aliphatic heterocycles. The molecule has 0 aromatic carbocycles. The van der Waals surface area contributed by atoms with E-state index in [0.717, 1.165) is 12.2 Å². The van der Waals surface area contributed by atoms with Gasteiger partial charge in [-0.3, -0.25) is 9.88 Å². The molecule has 1 atom stereocenters. The Labute approximate surface area is 91.8 Å². The maximum absolute atomic E-state index is 9.28. The maximum atomic E-state index is 9.28. The standard InChI is InChI=1S/C12H20N2O/c1-10(2)12(9-15)14(3)8-11-6-4-5-7-13-11/h4-7,10,12,15H,8-9H2,1-3H3/t12-/m1/s1. The summed E-state index contributed by atoms with van der Waals surface area (Å²) in [6.07, 6.45) is 1.80. The summed E-state index contributed by atoms with van der Waals surface area (Å²) in [6.45, 7) is 5.22. The number of pyridine rings is 1. The number of likely N-dealkylation sites (N-methyl/N-ethyl adjacent to an activating group) is 1. The highest BCUT2D eigenvalue weighted by atomic mass is 16.3. The molecule has 3 heteroatoms. The van der Waals surface area contributed by atoms with Gasteiger partial charge in [0.05, 0.1) is 12.3 Å². The van der Waals surface area contributed by atoms with Gasteiger partial charge >= 0.3 is 0 Å². The van der Waals surface area contributed by atoms with Crippen molar-refractivity contribution in [3.05, 3.63) is 30.1 Å². The molecule has 0 spiro atoms. The van der Waals surface area contributed by atoms with Crippen molar-refractivity contribution in [1.29, 1.82) is 0 Å². The maximum Gasteiger partial charge on any atom is 0.0589 e. The van der Waals surface area contributed by atoms with E-state index < -0.39 is 0 Å². The zero-order chi connectivity index (χ0) is 11.3. The summed E-state index contributed by atoms with van der Waals surface area (Å²) in [6, 6.07) is 6.10. The second-order valence-electron chi connectivity index (χ2n) is 4.23. The monoisotopic (exact) mass is 208 g/mol. The molecule has 1 rings (SSSR count). The molecular weight excluding hydrogens is 188 g/mol. The molecule has 1 aromatic rings. The van der Waals surface area contributed by atoms with Crippen LogP contribution in [0.1, 0.15) is 19.5 Å². The Morgan fingerprint density at radius 1 is 1.40 bits per heavy atom. The SMILES string of the molecule is CC(C)[C@@H](CO)N(C)Cc1ccccn1. The van der Waals surface area contributed by atoms with Crippen LogP contribution in [0.3, 0.4) is 0 Å². The van der Waals surface area contributed by atoms with E-state index in [1.54, 1.807) is 6.20 Å². The molecule has 0 unspecified atom stereocenters. The van der Waals surface area contributed by atoms with Crippen LogP contribution in [0.15, 0.2) is 24.4 Å². The number of aliphatic hydroxyl groups is 1. The van der Waals surface area contributed by atoms with Crippen molar-refractivity contribution in [1.82, 2.24) is 9.88 Å². The van der Waals surface area contributed by atoms with E-state index in [2.05, 4.69) is 23.7 Å². The number of aliphatic hydroxyl groups excluding tert-OH is 1. The van der Waals surface area contributed by atoms with Crippen LogP contribution in [0.2, 0.25) is 0 Å². The lowest BCUT2D eigenvalue weighted by atomic mass is 10.0. The molecule has 0 aliphatic carbocycles. The van der Waals surface area contributed by atoms with Gasteiger partial charge in [0.25, 0.3) is 0 Å². The number of rotatable bonds is 5. The average molecular weight is 208 g/mol. The van der Waals surface area contributed by atoms with Gasteiger partial charge in [-0.1, -0.05) is 19.9 Å². The molecule has 0 radical (unpaired) electrons. The normalized spacial score (nSPS) is 13.5. The van der Waals surface area contributed by atoms with Gasteiger partial charge in [-0.15, -0.1) is 0 Å². The smallest absolute Gasteiger partial charge is 0.0589 e. The van der Waals surface area contributed by atoms with Crippen molar-refractivity contribution >= 4 is 0 Å². The van der Waals surface area contributed by atoms with Gasteiger partial charge in [-0.2, -0.15) is 0 Å². The van der Waals surface area contributed by atoms with E-state index in [0.29, 0.717) is 5.92 Å². The van der Waals surface area contributed by atoms with Gasteiger partial charge in [0.1, 0.15) is 0 Å². The Morgan fingerprint density at radius 2 is 2.13 bits per heavy atom. The van der Waals surface area contributed by atoms with Crippen LogP contribution in [0.5, 0.6) is 0 Å². The van der Waals surface area contributed by atoms with Crippen LogP contribution < -0.4 is 0 Å². The Balaban J connectivity index is 2.58. The molecule has 0 saturated heterocycles. The van der Waals surface area contributed by atoms with Gasteiger partial charge in [-0.05, 0) is 25.1 Å². The third-order valence-electron chi connectivity index (χ3n) is 2.66. The summed E-state index contributed by atoms with van der Waals surface area (Å²) >= 11 is 0. The van der Waals surface area contributed by atoms with Gasteiger partial charge in [0.2, 0.25) is 0 Å². The predicted octanol–water partition coefficient (Wildman–Crippen LogP) is 1.53. The van der Waals surface area contributed by atoms with Crippen LogP contribution in [-0.2, 0) is 6.54 Å². The van der Waals surface area contributed by atoms with Crippen LogP contribution in [-0.4, -0.2) is 34.7 Å². The van der Waals surface area contributed by atoms with Gasteiger partial charge < -0.3 is 5.11 Å². The fourth-order valence-corrected chi connectivity index (χ4v) is 1.72. The molecule has 0 fully saturated rings. The Morgan fingerprint density at radius 3 is 2.60 bits per heavy atom. The van der Waals surface area contributed by atoms with Crippen molar-refractivity contribution in [2.45, 2.75) is 26.4 Å². The largest absolute Gasteiger partial charge is 0.395 e. The third-order valence-corrected chi connectivity index (χ3v) is 2.66. The molecule has 1 heterocycles. The van der Waals surface area contributed by atoms with Gasteiger partial charge in [-0.25, -0.2) is 0 Å². The number of hydrogen-bond acceptors (Lipinski definition) is 3. The summed E-state index contributed by atoms with van der Waals surface area (Å²) in [4.78, 5) is 6.42.